The Morgan fingerprint density at radius 1 is 1.14 bits per heavy atom. The van der Waals surface area contributed by atoms with Gasteiger partial charge in [0.05, 0.1) is 0 Å². The number of ether oxygens (including phenoxy) is 1. The molecule has 196 valence electrons. The highest BCUT2D eigenvalue weighted by Crippen LogP contribution is 2.43. The number of rotatable bonds is 6. The number of carbonyl (C=O) groups excluding carboxylic acids is 4. The second-order valence-electron chi connectivity index (χ2n) is 11.4. The summed E-state index contributed by atoms with van der Waals surface area (Å²) >= 11 is 0. The Bertz CT molecular complexity index is 1030. The molecule has 0 aromatic heterocycles. The fourth-order valence-electron chi connectivity index (χ4n) is 5.60. The van der Waals surface area contributed by atoms with Gasteiger partial charge in [-0.1, -0.05) is 20.8 Å². The number of amides is 4. The highest BCUT2D eigenvalue weighted by atomic mass is 16.5. The van der Waals surface area contributed by atoms with Gasteiger partial charge in [-0.05, 0) is 80.5 Å². The molecular weight excluding hydrogens is 460 g/mol. The van der Waals surface area contributed by atoms with Crippen molar-refractivity contribution in [2.75, 3.05) is 36.5 Å². The number of benzene rings is 1. The predicted molar refractivity (Wildman–Crippen MR) is 137 cm³/mol. The quantitative estimate of drug-likeness (QED) is 0.458. The van der Waals surface area contributed by atoms with Gasteiger partial charge in [-0.15, -0.1) is 0 Å². The Morgan fingerprint density at radius 3 is 2.42 bits per heavy atom. The lowest BCUT2D eigenvalue weighted by Crippen LogP contribution is -2.50. The van der Waals surface area contributed by atoms with Crippen LogP contribution in [-0.4, -0.2) is 60.5 Å². The zero-order valence-electron chi connectivity index (χ0n) is 21.8. The molecule has 4 rings (SSSR count). The normalized spacial score (nSPS) is 24.3. The van der Waals surface area contributed by atoms with E-state index in [1.165, 1.54) is 12.8 Å². The van der Waals surface area contributed by atoms with Gasteiger partial charge in [-0.2, -0.15) is 0 Å². The third-order valence-electron chi connectivity index (χ3n) is 7.92. The topological polar surface area (TPSA) is 108 Å². The van der Waals surface area contributed by atoms with Crippen molar-refractivity contribution in [1.29, 1.82) is 0 Å². The SMILES string of the molecule is Cc1cc(N2CCCC2)ccc1NC(=O)COC(=O)CN1C(=O)NC2(CCC(C(C)(C)C)CC2)C1=O. The van der Waals surface area contributed by atoms with Crippen LogP contribution in [0.25, 0.3) is 0 Å². The molecule has 9 heteroatoms. The van der Waals surface area contributed by atoms with Gasteiger partial charge in [0.15, 0.2) is 6.61 Å². The first-order valence-corrected chi connectivity index (χ1v) is 12.9. The van der Waals surface area contributed by atoms with Crippen molar-refractivity contribution in [2.24, 2.45) is 11.3 Å². The van der Waals surface area contributed by atoms with Crippen molar-refractivity contribution >= 4 is 35.2 Å². The lowest BCUT2D eigenvalue weighted by molar-refractivity contribution is -0.150. The maximum Gasteiger partial charge on any atom is 0.326 e. The molecule has 1 aliphatic carbocycles. The number of carbonyl (C=O) groups is 4. The molecule has 3 fully saturated rings. The molecule has 1 aromatic rings. The van der Waals surface area contributed by atoms with E-state index in [-0.39, 0.29) is 11.3 Å². The number of aryl methyl sites for hydroxylation is 1. The van der Waals surface area contributed by atoms with Crippen LogP contribution in [0.5, 0.6) is 0 Å². The Balaban J connectivity index is 1.26. The minimum absolute atomic E-state index is 0.145. The fourth-order valence-corrected chi connectivity index (χ4v) is 5.60. The molecule has 9 nitrogen and oxygen atoms in total. The van der Waals surface area contributed by atoms with E-state index in [4.69, 9.17) is 4.74 Å². The van der Waals surface area contributed by atoms with E-state index in [2.05, 4.69) is 36.3 Å². The van der Waals surface area contributed by atoms with Crippen molar-refractivity contribution in [1.82, 2.24) is 10.2 Å². The van der Waals surface area contributed by atoms with Gasteiger partial charge in [0.2, 0.25) is 0 Å². The molecule has 0 radical (unpaired) electrons. The molecule has 2 saturated heterocycles. The largest absolute Gasteiger partial charge is 0.454 e. The Morgan fingerprint density at radius 2 is 1.81 bits per heavy atom. The lowest BCUT2D eigenvalue weighted by Gasteiger charge is -2.40. The van der Waals surface area contributed by atoms with Crippen LogP contribution < -0.4 is 15.5 Å². The van der Waals surface area contributed by atoms with Crippen LogP contribution >= 0.6 is 0 Å². The fraction of sp³-hybridized carbons (Fsp3) is 0.630. The van der Waals surface area contributed by atoms with E-state index >= 15 is 0 Å². The molecule has 3 aliphatic rings. The van der Waals surface area contributed by atoms with Crippen molar-refractivity contribution in [2.45, 2.75) is 71.8 Å². The summed E-state index contributed by atoms with van der Waals surface area (Å²) < 4.78 is 5.08. The summed E-state index contributed by atoms with van der Waals surface area (Å²) in [5, 5.41) is 5.58. The average Bonchev–Trinajstić information content (AvgIpc) is 3.43. The summed E-state index contributed by atoms with van der Waals surface area (Å²) in [6.45, 7) is 9.56. The van der Waals surface area contributed by atoms with E-state index in [1.807, 2.05) is 25.1 Å². The van der Waals surface area contributed by atoms with Crippen LogP contribution in [0.4, 0.5) is 16.2 Å². The van der Waals surface area contributed by atoms with Crippen LogP contribution in [0.3, 0.4) is 0 Å². The predicted octanol–water partition coefficient (Wildman–Crippen LogP) is 3.60. The van der Waals surface area contributed by atoms with Gasteiger partial charge in [-0.25, -0.2) is 4.79 Å². The maximum absolute atomic E-state index is 13.1. The van der Waals surface area contributed by atoms with E-state index in [9.17, 15) is 19.2 Å². The molecule has 2 N–H and O–H groups in total. The zero-order valence-corrected chi connectivity index (χ0v) is 21.8. The summed E-state index contributed by atoms with van der Waals surface area (Å²) in [6.07, 6.45) is 5.17. The van der Waals surface area contributed by atoms with Crippen LogP contribution in [-0.2, 0) is 19.1 Å². The molecule has 36 heavy (non-hydrogen) atoms. The standard InChI is InChI=1S/C27H38N4O5/c1-18-15-20(30-13-5-6-14-30)7-8-21(18)28-22(32)17-36-23(33)16-31-24(34)27(29-25(31)35)11-9-19(10-12-27)26(2,3)4/h7-8,15,19H,5-6,9-14,16-17H2,1-4H3,(H,28,32)(H,29,35). The van der Waals surface area contributed by atoms with Gasteiger partial charge < -0.3 is 20.3 Å². The van der Waals surface area contributed by atoms with Crippen molar-refractivity contribution < 1.29 is 23.9 Å². The third kappa shape index (κ3) is 5.50. The molecule has 1 saturated carbocycles. The van der Waals surface area contributed by atoms with Gasteiger partial charge in [0, 0.05) is 24.5 Å². The second-order valence-corrected chi connectivity index (χ2v) is 11.4. The summed E-state index contributed by atoms with van der Waals surface area (Å²) in [4.78, 5) is 53.6. The molecule has 2 aliphatic heterocycles. The van der Waals surface area contributed by atoms with Crippen LogP contribution in [0, 0.1) is 18.3 Å². The van der Waals surface area contributed by atoms with Gasteiger partial charge >= 0.3 is 12.0 Å². The first-order chi connectivity index (χ1) is 17.0. The third-order valence-corrected chi connectivity index (χ3v) is 7.92. The van der Waals surface area contributed by atoms with Gasteiger partial charge in [0.1, 0.15) is 12.1 Å². The molecule has 0 unspecified atom stereocenters. The smallest absolute Gasteiger partial charge is 0.326 e. The Kier molecular flexibility index (Phi) is 7.29. The van der Waals surface area contributed by atoms with Crippen LogP contribution in [0.1, 0.15) is 64.9 Å². The minimum atomic E-state index is -0.935. The highest BCUT2D eigenvalue weighted by Gasteiger charge is 2.53. The number of nitrogens with zero attached hydrogens (tertiary/aromatic N) is 2. The maximum atomic E-state index is 13.1. The van der Waals surface area contributed by atoms with Crippen molar-refractivity contribution in [3.8, 4) is 0 Å². The molecular formula is C27H38N4O5. The number of esters is 1. The summed E-state index contributed by atoms with van der Waals surface area (Å²) in [5.74, 6) is -1.18. The van der Waals surface area contributed by atoms with E-state index in [1.54, 1.807) is 0 Å². The summed E-state index contributed by atoms with van der Waals surface area (Å²) in [5.41, 5.74) is 1.92. The molecule has 0 bridgehead atoms. The number of imide groups is 1. The van der Waals surface area contributed by atoms with Crippen molar-refractivity contribution in [3.05, 3.63) is 23.8 Å². The van der Waals surface area contributed by atoms with E-state index in [0.29, 0.717) is 24.4 Å². The molecule has 1 aromatic carbocycles. The number of hydrogen-bond donors (Lipinski definition) is 2. The molecule has 0 atom stereocenters. The summed E-state index contributed by atoms with van der Waals surface area (Å²) in [6, 6.07) is 5.28. The summed E-state index contributed by atoms with van der Waals surface area (Å²) in [7, 11) is 0. The molecule has 2 heterocycles. The molecule has 4 amide bonds. The average molecular weight is 499 g/mol. The molecule has 1 spiro atoms. The van der Waals surface area contributed by atoms with E-state index < -0.39 is 36.6 Å². The number of hydrogen-bond acceptors (Lipinski definition) is 6. The van der Waals surface area contributed by atoms with Gasteiger partial charge in [0.25, 0.3) is 11.8 Å². The number of anilines is 2. The Labute approximate surface area is 212 Å². The first-order valence-electron chi connectivity index (χ1n) is 12.9. The number of nitrogens with one attached hydrogen (secondary N) is 2. The lowest BCUT2D eigenvalue weighted by atomic mass is 9.67. The Hall–Kier alpha value is -3.10. The van der Waals surface area contributed by atoms with Crippen LogP contribution in [0.2, 0.25) is 0 Å². The first kappa shape index (κ1) is 26.0. The highest BCUT2D eigenvalue weighted by molar-refractivity contribution is 6.08. The van der Waals surface area contributed by atoms with Gasteiger partial charge in [-0.3, -0.25) is 19.3 Å². The van der Waals surface area contributed by atoms with Crippen LogP contribution in [0.15, 0.2) is 18.2 Å². The number of urea groups is 1. The monoisotopic (exact) mass is 498 g/mol. The van der Waals surface area contributed by atoms with E-state index in [0.717, 1.165) is 42.1 Å². The zero-order chi connectivity index (χ0) is 26.1. The van der Waals surface area contributed by atoms with Crippen molar-refractivity contribution in [3.63, 3.8) is 0 Å². The minimum Gasteiger partial charge on any atom is -0.454 e. The second kappa shape index (κ2) is 10.1.